The van der Waals surface area contributed by atoms with Gasteiger partial charge in [-0.2, -0.15) is 5.26 Å². The van der Waals surface area contributed by atoms with Crippen LogP contribution in [0.15, 0.2) is 48.7 Å². The minimum absolute atomic E-state index is 0.535. The first-order valence-electron chi connectivity index (χ1n) is 10.2. The molecule has 2 fully saturated rings. The van der Waals surface area contributed by atoms with E-state index in [0.717, 1.165) is 11.1 Å². The number of benzene rings is 1. The summed E-state index contributed by atoms with van der Waals surface area (Å²) in [5, 5.41) is 9.28. The second kappa shape index (κ2) is 7.54. The average Bonchev–Trinajstić information content (AvgIpc) is 2.96. The first-order valence-corrected chi connectivity index (χ1v) is 10.2. The van der Waals surface area contributed by atoms with Crippen molar-refractivity contribution in [3.63, 3.8) is 0 Å². The monoisotopic (exact) mass is 423 g/mol. The summed E-state index contributed by atoms with van der Waals surface area (Å²) in [6.45, 7) is 3.19. The number of allylic oxidation sites excluding steroid dienone is 1. The van der Waals surface area contributed by atoms with Gasteiger partial charge in [0.15, 0.2) is 0 Å². The molecule has 2 N–H and O–H groups in total. The third-order valence-electron chi connectivity index (χ3n) is 6.59. The summed E-state index contributed by atoms with van der Waals surface area (Å²) in [6.07, 6.45) is 3.76. The lowest BCUT2D eigenvalue weighted by molar-refractivity contribution is -0.155. The van der Waals surface area contributed by atoms with Gasteiger partial charge in [-0.05, 0) is 31.1 Å². The first kappa shape index (κ1) is 21.1. The van der Waals surface area contributed by atoms with Gasteiger partial charge in [0.2, 0.25) is 0 Å². The van der Waals surface area contributed by atoms with Gasteiger partial charge in [-0.3, -0.25) is 9.78 Å². The molecule has 2 aromatic rings. The summed E-state index contributed by atoms with van der Waals surface area (Å²) in [7, 11) is 0. The van der Waals surface area contributed by atoms with Crippen LogP contribution in [0.4, 0.5) is 8.78 Å². The summed E-state index contributed by atoms with van der Waals surface area (Å²) >= 11 is 0. The second-order valence-corrected chi connectivity index (χ2v) is 8.47. The predicted octanol–water partition coefficient (Wildman–Crippen LogP) is 4.18. The Morgan fingerprint density at radius 1 is 1.26 bits per heavy atom. The van der Waals surface area contributed by atoms with E-state index >= 15 is 0 Å². The van der Waals surface area contributed by atoms with E-state index in [2.05, 4.69) is 11.1 Å². The topological polar surface area (TPSA) is 89.0 Å². The normalized spacial score (nSPS) is 31.8. The molecule has 1 saturated carbocycles. The Kier molecular flexibility index (Phi) is 5.14. The van der Waals surface area contributed by atoms with Gasteiger partial charge in [-0.15, -0.1) is 0 Å². The number of aromatic nitrogens is 1. The number of carbonyl (C=O) groups excluding carboxylic acids is 1. The van der Waals surface area contributed by atoms with Crippen LogP contribution >= 0.6 is 0 Å². The fraction of sp³-hybridized carbons (Fsp3) is 0.375. The number of carbonyl (C=O) groups is 1. The van der Waals surface area contributed by atoms with Crippen molar-refractivity contribution in [3.05, 3.63) is 59.9 Å². The molecule has 31 heavy (non-hydrogen) atoms. The molecule has 2 heterocycles. The maximum Gasteiger partial charge on any atom is 0.327 e. The Bertz CT molecular complexity index is 1080. The van der Waals surface area contributed by atoms with Crippen molar-refractivity contribution in [2.45, 2.75) is 37.8 Å². The SMILES string of the molecule is C[C@H]1OC(=O)[C@]2(N)CC(F)(F)[C@@H](C)[C@H](/C=C/c3ccc(-c4ccccc4C#N)cn3)[C@H]12. The molecule has 1 aromatic carbocycles. The number of nitrogens with zero attached hydrogens (tertiary/aromatic N) is 2. The molecule has 0 bridgehead atoms. The summed E-state index contributed by atoms with van der Waals surface area (Å²) in [5.74, 6) is -6.01. The predicted molar refractivity (Wildman–Crippen MR) is 112 cm³/mol. The number of halogens is 2. The molecule has 2 aliphatic rings. The largest absolute Gasteiger partial charge is 0.461 e. The van der Waals surface area contributed by atoms with Crippen LogP contribution in [-0.2, 0) is 9.53 Å². The Hall–Kier alpha value is -3.11. The van der Waals surface area contributed by atoms with Gasteiger partial charge in [0, 0.05) is 35.6 Å². The van der Waals surface area contributed by atoms with Gasteiger partial charge in [0.25, 0.3) is 5.92 Å². The fourth-order valence-corrected chi connectivity index (χ4v) is 4.89. The molecule has 0 radical (unpaired) electrons. The second-order valence-electron chi connectivity index (χ2n) is 8.47. The molecule has 1 saturated heterocycles. The van der Waals surface area contributed by atoms with Gasteiger partial charge in [-0.1, -0.05) is 37.3 Å². The molecular weight excluding hydrogens is 400 g/mol. The number of ether oxygens (including phenoxy) is 1. The van der Waals surface area contributed by atoms with Crippen LogP contribution in [0.1, 0.15) is 31.5 Å². The maximum atomic E-state index is 14.7. The van der Waals surface area contributed by atoms with Gasteiger partial charge >= 0.3 is 5.97 Å². The van der Waals surface area contributed by atoms with Crippen LogP contribution in [0.2, 0.25) is 0 Å². The van der Waals surface area contributed by atoms with Crippen LogP contribution in [0.3, 0.4) is 0 Å². The number of fused-ring (bicyclic) bond motifs is 1. The fourth-order valence-electron chi connectivity index (χ4n) is 4.89. The molecule has 0 spiro atoms. The summed E-state index contributed by atoms with van der Waals surface area (Å²) in [5.41, 5.74) is 7.18. The zero-order valence-electron chi connectivity index (χ0n) is 17.3. The molecule has 0 amide bonds. The van der Waals surface area contributed by atoms with Crippen LogP contribution in [-0.4, -0.2) is 28.5 Å². The Morgan fingerprint density at radius 3 is 2.68 bits per heavy atom. The van der Waals surface area contributed by atoms with Crippen molar-refractivity contribution in [2.75, 3.05) is 0 Å². The zero-order chi connectivity index (χ0) is 22.4. The summed E-state index contributed by atoms with van der Waals surface area (Å²) in [6, 6.07) is 13.0. The highest BCUT2D eigenvalue weighted by molar-refractivity contribution is 5.84. The van der Waals surface area contributed by atoms with Gasteiger partial charge < -0.3 is 10.5 Å². The van der Waals surface area contributed by atoms with E-state index in [1.54, 1.807) is 43.5 Å². The summed E-state index contributed by atoms with van der Waals surface area (Å²) < 4.78 is 34.7. The van der Waals surface area contributed by atoms with Crippen molar-refractivity contribution < 1.29 is 18.3 Å². The molecule has 4 rings (SSSR count). The number of hydrogen-bond donors (Lipinski definition) is 1. The minimum Gasteiger partial charge on any atom is -0.461 e. The molecule has 5 nitrogen and oxygen atoms in total. The minimum atomic E-state index is -3.08. The standard InChI is InChI=1S/C24H23F2N3O2/c1-14-19(21-15(2)31-22(30)23(21,28)13-24(14,25)26)10-9-18-8-7-17(12-29-18)20-6-4-3-5-16(20)11-27/h3-10,12,14-15,19,21H,13,28H2,1-2H3/b10-9+/t14-,15+,19-,21-,23-/m0/s1. The lowest BCUT2D eigenvalue weighted by Crippen LogP contribution is -2.62. The van der Waals surface area contributed by atoms with E-state index in [9.17, 15) is 18.8 Å². The third-order valence-corrected chi connectivity index (χ3v) is 6.59. The van der Waals surface area contributed by atoms with Gasteiger partial charge in [0.05, 0.1) is 17.3 Å². The van der Waals surface area contributed by atoms with Crippen molar-refractivity contribution in [1.29, 1.82) is 5.26 Å². The van der Waals surface area contributed by atoms with E-state index in [4.69, 9.17) is 10.5 Å². The lowest BCUT2D eigenvalue weighted by atomic mass is 9.61. The van der Waals surface area contributed by atoms with Gasteiger partial charge in [0.1, 0.15) is 11.6 Å². The number of rotatable bonds is 3. The smallest absolute Gasteiger partial charge is 0.327 e. The zero-order valence-corrected chi connectivity index (χ0v) is 17.3. The van der Waals surface area contributed by atoms with E-state index < -0.39 is 47.7 Å². The molecule has 5 atom stereocenters. The third kappa shape index (κ3) is 3.51. The van der Waals surface area contributed by atoms with E-state index in [1.165, 1.54) is 6.92 Å². The Labute approximate surface area is 179 Å². The first-order chi connectivity index (χ1) is 14.7. The highest BCUT2D eigenvalue weighted by Gasteiger charge is 2.66. The number of cyclic esters (lactones) is 1. The Morgan fingerprint density at radius 2 is 2.00 bits per heavy atom. The Balaban J connectivity index is 1.62. The van der Waals surface area contributed by atoms with Crippen LogP contribution in [0.25, 0.3) is 17.2 Å². The van der Waals surface area contributed by atoms with E-state index in [-0.39, 0.29) is 0 Å². The van der Waals surface area contributed by atoms with E-state index in [0.29, 0.717) is 11.3 Å². The molecule has 0 unspecified atom stereocenters. The van der Waals surface area contributed by atoms with Gasteiger partial charge in [-0.25, -0.2) is 8.78 Å². The highest BCUT2D eigenvalue weighted by atomic mass is 19.3. The highest BCUT2D eigenvalue weighted by Crippen LogP contribution is 2.53. The molecule has 160 valence electrons. The van der Waals surface area contributed by atoms with Crippen molar-refractivity contribution in [3.8, 4) is 17.2 Å². The van der Waals surface area contributed by atoms with Crippen LogP contribution in [0.5, 0.6) is 0 Å². The molecule has 1 aliphatic carbocycles. The van der Waals surface area contributed by atoms with Crippen molar-refractivity contribution in [2.24, 2.45) is 23.5 Å². The lowest BCUT2D eigenvalue weighted by Gasteiger charge is -2.45. The van der Waals surface area contributed by atoms with Crippen LogP contribution in [0, 0.1) is 29.1 Å². The van der Waals surface area contributed by atoms with Crippen molar-refractivity contribution in [1.82, 2.24) is 4.98 Å². The molecule has 1 aromatic heterocycles. The number of alkyl halides is 2. The van der Waals surface area contributed by atoms with Crippen LogP contribution < -0.4 is 5.73 Å². The number of hydrogen-bond acceptors (Lipinski definition) is 5. The number of nitriles is 1. The summed E-state index contributed by atoms with van der Waals surface area (Å²) in [4.78, 5) is 16.6. The number of pyridine rings is 1. The van der Waals surface area contributed by atoms with E-state index in [1.807, 2.05) is 18.2 Å². The quantitative estimate of drug-likeness (QED) is 0.748. The number of esters is 1. The molecular formula is C24H23F2N3O2. The maximum absolute atomic E-state index is 14.7. The number of nitrogens with two attached hydrogens (primary N) is 1. The van der Waals surface area contributed by atoms with Crippen molar-refractivity contribution >= 4 is 12.0 Å². The molecule has 7 heteroatoms. The average molecular weight is 423 g/mol. The molecule has 1 aliphatic heterocycles.